The number of ether oxygens (including phenoxy) is 2. The summed E-state index contributed by atoms with van der Waals surface area (Å²) in [5.74, 6) is 0.430. The zero-order valence-electron chi connectivity index (χ0n) is 14.9. The Hall–Kier alpha value is -1.06. The molecule has 0 fully saturated rings. The van der Waals surface area contributed by atoms with Gasteiger partial charge < -0.3 is 9.47 Å². The summed E-state index contributed by atoms with van der Waals surface area (Å²) in [6.07, 6.45) is 6.58. The molecule has 4 heteroatoms. The standard InChI is InChI=1S/C18H34O4/c1-5-8-10-16(7-3)14-22-18(20)12-9-11-17(19)21-13-15(4)6-2/h15-16H,5-14H2,1-4H3. The predicted octanol–water partition coefficient (Wildman–Crippen LogP) is 4.51. The molecule has 2 unspecified atom stereocenters. The van der Waals surface area contributed by atoms with Gasteiger partial charge in [0.2, 0.25) is 0 Å². The van der Waals surface area contributed by atoms with Crippen LogP contribution in [0.1, 0.15) is 79.1 Å². The van der Waals surface area contributed by atoms with Gasteiger partial charge in [-0.05, 0) is 24.7 Å². The van der Waals surface area contributed by atoms with E-state index in [2.05, 4.69) is 20.8 Å². The Morgan fingerprint density at radius 1 is 0.864 bits per heavy atom. The molecule has 0 aliphatic heterocycles. The highest BCUT2D eigenvalue weighted by atomic mass is 16.5. The average molecular weight is 314 g/mol. The Morgan fingerprint density at radius 3 is 1.95 bits per heavy atom. The number of carbonyl (C=O) groups is 2. The Kier molecular flexibility index (Phi) is 12.9. The van der Waals surface area contributed by atoms with E-state index in [1.54, 1.807) is 0 Å². The highest BCUT2D eigenvalue weighted by Gasteiger charge is 2.11. The van der Waals surface area contributed by atoms with E-state index in [0.29, 0.717) is 44.3 Å². The van der Waals surface area contributed by atoms with E-state index in [1.807, 2.05) is 6.92 Å². The largest absolute Gasteiger partial charge is 0.465 e. The molecule has 0 bridgehead atoms. The lowest BCUT2D eigenvalue weighted by Gasteiger charge is -2.14. The molecular formula is C18H34O4. The molecule has 2 atom stereocenters. The van der Waals surface area contributed by atoms with Gasteiger partial charge in [-0.1, -0.05) is 53.4 Å². The summed E-state index contributed by atoms with van der Waals surface area (Å²) in [5, 5.41) is 0. The molecule has 0 aliphatic carbocycles. The van der Waals surface area contributed by atoms with Gasteiger partial charge in [0.15, 0.2) is 0 Å². The van der Waals surface area contributed by atoms with Crippen LogP contribution in [-0.4, -0.2) is 25.2 Å². The van der Waals surface area contributed by atoms with Crippen molar-refractivity contribution in [2.24, 2.45) is 11.8 Å². The molecule has 4 nitrogen and oxygen atoms in total. The van der Waals surface area contributed by atoms with Crippen molar-refractivity contribution in [1.29, 1.82) is 0 Å². The molecule has 0 heterocycles. The number of unbranched alkanes of at least 4 members (excludes halogenated alkanes) is 1. The van der Waals surface area contributed by atoms with Crippen LogP contribution < -0.4 is 0 Å². The normalized spacial score (nSPS) is 13.5. The van der Waals surface area contributed by atoms with Gasteiger partial charge in [-0.25, -0.2) is 0 Å². The van der Waals surface area contributed by atoms with Crippen molar-refractivity contribution in [3.8, 4) is 0 Å². The van der Waals surface area contributed by atoms with Crippen molar-refractivity contribution >= 4 is 11.9 Å². The van der Waals surface area contributed by atoms with Crippen molar-refractivity contribution in [2.45, 2.75) is 79.1 Å². The first-order valence-electron chi connectivity index (χ1n) is 8.84. The minimum absolute atomic E-state index is 0.204. The predicted molar refractivity (Wildman–Crippen MR) is 88.5 cm³/mol. The van der Waals surface area contributed by atoms with Crippen LogP contribution in [0.25, 0.3) is 0 Å². The summed E-state index contributed by atoms with van der Waals surface area (Å²) in [6.45, 7) is 9.38. The first-order chi connectivity index (χ1) is 10.5. The molecule has 0 spiro atoms. The maximum absolute atomic E-state index is 11.7. The number of hydrogen-bond acceptors (Lipinski definition) is 4. The van der Waals surface area contributed by atoms with Gasteiger partial charge in [-0.15, -0.1) is 0 Å². The van der Waals surface area contributed by atoms with E-state index in [-0.39, 0.29) is 11.9 Å². The first-order valence-corrected chi connectivity index (χ1v) is 8.84. The molecule has 0 saturated heterocycles. The zero-order chi connectivity index (χ0) is 16.8. The van der Waals surface area contributed by atoms with Crippen molar-refractivity contribution in [3.63, 3.8) is 0 Å². The SMILES string of the molecule is CCCCC(CC)COC(=O)CCCC(=O)OCC(C)CC. The fourth-order valence-corrected chi connectivity index (χ4v) is 1.98. The van der Waals surface area contributed by atoms with E-state index >= 15 is 0 Å². The van der Waals surface area contributed by atoms with Crippen LogP contribution in [0, 0.1) is 11.8 Å². The second-order valence-corrected chi connectivity index (χ2v) is 6.15. The van der Waals surface area contributed by atoms with Crippen LogP contribution in [0.15, 0.2) is 0 Å². The highest BCUT2D eigenvalue weighted by Crippen LogP contribution is 2.13. The van der Waals surface area contributed by atoms with Gasteiger partial charge in [0.1, 0.15) is 0 Å². The molecule has 0 amide bonds. The Balaban J connectivity index is 3.69. The summed E-state index contributed by atoms with van der Waals surface area (Å²) in [7, 11) is 0. The third kappa shape index (κ3) is 11.6. The number of rotatable bonds is 13. The van der Waals surface area contributed by atoms with Crippen LogP contribution in [0.4, 0.5) is 0 Å². The third-order valence-corrected chi connectivity index (χ3v) is 4.01. The first kappa shape index (κ1) is 20.9. The van der Waals surface area contributed by atoms with Gasteiger partial charge in [0.25, 0.3) is 0 Å². The molecule has 0 aromatic heterocycles. The molecule has 0 saturated carbocycles. The maximum Gasteiger partial charge on any atom is 0.305 e. The highest BCUT2D eigenvalue weighted by molar-refractivity contribution is 5.72. The van der Waals surface area contributed by atoms with Crippen LogP contribution in [0.2, 0.25) is 0 Å². The zero-order valence-corrected chi connectivity index (χ0v) is 14.9. The molecule has 130 valence electrons. The van der Waals surface area contributed by atoms with Crippen molar-refractivity contribution in [3.05, 3.63) is 0 Å². The Morgan fingerprint density at radius 2 is 1.45 bits per heavy atom. The molecule has 0 N–H and O–H groups in total. The summed E-state index contributed by atoms with van der Waals surface area (Å²) in [5.41, 5.74) is 0. The lowest BCUT2D eigenvalue weighted by Crippen LogP contribution is -2.15. The second-order valence-electron chi connectivity index (χ2n) is 6.15. The average Bonchev–Trinajstić information content (AvgIpc) is 2.52. The van der Waals surface area contributed by atoms with Gasteiger partial charge in [-0.2, -0.15) is 0 Å². The van der Waals surface area contributed by atoms with Crippen LogP contribution in [-0.2, 0) is 19.1 Å². The minimum atomic E-state index is -0.220. The fraction of sp³-hybridized carbons (Fsp3) is 0.889. The molecule has 0 aliphatic rings. The topological polar surface area (TPSA) is 52.6 Å². The third-order valence-electron chi connectivity index (χ3n) is 4.01. The smallest absolute Gasteiger partial charge is 0.305 e. The Bertz CT molecular complexity index is 301. The molecule has 0 radical (unpaired) electrons. The van der Waals surface area contributed by atoms with Crippen molar-refractivity contribution in [2.75, 3.05) is 13.2 Å². The maximum atomic E-state index is 11.7. The summed E-state index contributed by atoms with van der Waals surface area (Å²) < 4.78 is 10.4. The van der Waals surface area contributed by atoms with E-state index in [1.165, 1.54) is 12.8 Å². The number of hydrogen-bond donors (Lipinski definition) is 0. The van der Waals surface area contributed by atoms with Crippen LogP contribution >= 0.6 is 0 Å². The summed E-state index contributed by atoms with van der Waals surface area (Å²) >= 11 is 0. The van der Waals surface area contributed by atoms with Crippen LogP contribution in [0.3, 0.4) is 0 Å². The molecule has 0 aromatic carbocycles. The molecule has 0 rings (SSSR count). The number of esters is 2. The van der Waals surface area contributed by atoms with Crippen molar-refractivity contribution in [1.82, 2.24) is 0 Å². The lowest BCUT2D eigenvalue weighted by atomic mass is 10.0. The van der Waals surface area contributed by atoms with Gasteiger partial charge >= 0.3 is 11.9 Å². The lowest BCUT2D eigenvalue weighted by molar-refractivity contribution is -0.146. The number of carbonyl (C=O) groups excluding carboxylic acids is 2. The Labute approximate surface area is 135 Å². The van der Waals surface area contributed by atoms with E-state index in [0.717, 1.165) is 19.3 Å². The van der Waals surface area contributed by atoms with Gasteiger partial charge in [0, 0.05) is 12.8 Å². The minimum Gasteiger partial charge on any atom is -0.465 e. The molecule has 0 aromatic rings. The van der Waals surface area contributed by atoms with E-state index < -0.39 is 0 Å². The molecule has 22 heavy (non-hydrogen) atoms. The summed E-state index contributed by atoms with van der Waals surface area (Å²) in [4.78, 5) is 23.2. The molecular weight excluding hydrogens is 280 g/mol. The van der Waals surface area contributed by atoms with Crippen LogP contribution in [0.5, 0.6) is 0 Å². The van der Waals surface area contributed by atoms with E-state index in [9.17, 15) is 9.59 Å². The fourth-order valence-electron chi connectivity index (χ4n) is 1.98. The van der Waals surface area contributed by atoms with Gasteiger partial charge in [-0.3, -0.25) is 9.59 Å². The second kappa shape index (κ2) is 13.6. The quantitative estimate of drug-likeness (QED) is 0.469. The van der Waals surface area contributed by atoms with E-state index in [4.69, 9.17) is 9.47 Å². The van der Waals surface area contributed by atoms with Gasteiger partial charge in [0.05, 0.1) is 13.2 Å². The van der Waals surface area contributed by atoms with Crippen molar-refractivity contribution < 1.29 is 19.1 Å². The summed E-state index contributed by atoms with van der Waals surface area (Å²) in [6, 6.07) is 0. The monoisotopic (exact) mass is 314 g/mol.